The van der Waals surface area contributed by atoms with Crippen molar-refractivity contribution in [3.05, 3.63) is 63.9 Å². The first kappa shape index (κ1) is 16.0. The molecule has 0 heterocycles. The summed E-state index contributed by atoms with van der Waals surface area (Å²) in [5.74, 6) is -0.0522. The number of hydrogen-bond donors (Lipinski definition) is 1. The van der Waals surface area contributed by atoms with Crippen molar-refractivity contribution in [2.45, 2.75) is 19.4 Å². The lowest BCUT2D eigenvalue weighted by molar-refractivity contribution is 0.385. The number of hydrogen-bond acceptors (Lipinski definition) is 2. The van der Waals surface area contributed by atoms with E-state index in [1.165, 1.54) is 12.7 Å². The van der Waals surface area contributed by atoms with Crippen LogP contribution in [0, 0.1) is 5.82 Å². The Labute approximate surface area is 133 Å². The largest absolute Gasteiger partial charge is 0.494 e. The third kappa shape index (κ3) is 4.29. The van der Waals surface area contributed by atoms with Gasteiger partial charge in [-0.3, -0.25) is 0 Å². The van der Waals surface area contributed by atoms with Gasteiger partial charge in [-0.05, 0) is 48.4 Å². The predicted octanol–water partition coefficient (Wildman–Crippen LogP) is 4.49. The van der Waals surface area contributed by atoms with Gasteiger partial charge < -0.3 is 10.1 Å². The average molecular weight is 352 g/mol. The molecule has 0 spiro atoms. The Bertz CT molecular complexity index is 603. The molecular formula is C17H19BrFNO. The fraction of sp³-hybridized carbons (Fsp3) is 0.294. The average Bonchev–Trinajstić information content (AvgIpc) is 2.47. The van der Waals surface area contributed by atoms with Crippen molar-refractivity contribution in [3.8, 4) is 5.75 Å². The van der Waals surface area contributed by atoms with Crippen molar-refractivity contribution < 1.29 is 9.13 Å². The van der Waals surface area contributed by atoms with E-state index in [9.17, 15) is 4.39 Å². The normalized spacial score (nSPS) is 12.2. The summed E-state index contributed by atoms with van der Waals surface area (Å²) in [5, 5.41) is 3.41. The molecule has 0 aliphatic carbocycles. The molecule has 0 radical (unpaired) electrons. The van der Waals surface area contributed by atoms with Crippen LogP contribution in [0.2, 0.25) is 0 Å². The number of benzene rings is 2. The third-order valence-corrected chi connectivity index (χ3v) is 3.85. The standard InChI is InChI=1S/C17H19BrFNO/c1-3-20-16(10-12-5-4-6-14(18)9-12)13-7-8-17(21-2)15(19)11-13/h4-9,11,16,20H,3,10H2,1-2H3. The molecule has 1 unspecified atom stereocenters. The highest BCUT2D eigenvalue weighted by atomic mass is 79.9. The highest BCUT2D eigenvalue weighted by molar-refractivity contribution is 9.10. The zero-order chi connectivity index (χ0) is 15.2. The van der Waals surface area contributed by atoms with Gasteiger partial charge in [0.25, 0.3) is 0 Å². The minimum Gasteiger partial charge on any atom is -0.494 e. The summed E-state index contributed by atoms with van der Waals surface area (Å²) in [6.07, 6.45) is 0.805. The van der Waals surface area contributed by atoms with Crippen molar-refractivity contribution >= 4 is 15.9 Å². The highest BCUT2D eigenvalue weighted by Crippen LogP contribution is 2.25. The molecule has 0 bridgehead atoms. The minimum atomic E-state index is -0.327. The molecule has 0 aliphatic heterocycles. The Balaban J connectivity index is 2.24. The van der Waals surface area contributed by atoms with Gasteiger partial charge in [-0.1, -0.05) is 41.1 Å². The van der Waals surface area contributed by atoms with Gasteiger partial charge in [-0.2, -0.15) is 0 Å². The molecule has 0 amide bonds. The van der Waals surface area contributed by atoms with Crippen LogP contribution in [0.3, 0.4) is 0 Å². The van der Waals surface area contributed by atoms with E-state index in [-0.39, 0.29) is 17.6 Å². The molecule has 0 aromatic heterocycles. The van der Waals surface area contributed by atoms with Crippen LogP contribution >= 0.6 is 15.9 Å². The lowest BCUT2D eigenvalue weighted by Gasteiger charge is -2.19. The second-order valence-electron chi connectivity index (χ2n) is 4.84. The molecule has 2 nitrogen and oxygen atoms in total. The predicted molar refractivity (Wildman–Crippen MR) is 87.2 cm³/mol. The van der Waals surface area contributed by atoms with Crippen molar-refractivity contribution in [1.29, 1.82) is 0 Å². The number of likely N-dealkylation sites (N-methyl/N-ethyl adjacent to an activating group) is 1. The monoisotopic (exact) mass is 351 g/mol. The quantitative estimate of drug-likeness (QED) is 0.827. The second-order valence-corrected chi connectivity index (χ2v) is 5.75. The Morgan fingerprint density at radius 3 is 2.67 bits per heavy atom. The van der Waals surface area contributed by atoms with Crippen LogP contribution in [0.5, 0.6) is 5.75 Å². The molecule has 1 N–H and O–H groups in total. The first-order valence-electron chi connectivity index (χ1n) is 6.95. The van der Waals surface area contributed by atoms with Crippen LogP contribution in [-0.2, 0) is 6.42 Å². The number of rotatable bonds is 6. The van der Waals surface area contributed by atoms with E-state index in [1.807, 2.05) is 25.1 Å². The highest BCUT2D eigenvalue weighted by Gasteiger charge is 2.14. The zero-order valence-corrected chi connectivity index (χ0v) is 13.8. The molecule has 21 heavy (non-hydrogen) atoms. The first-order valence-corrected chi connectivity index (χ1v) is 7.74. The molecule has 2 aromatic carbocycles. The smallest absolute Gasteiger partial charge is 0.165 e. The summed E-state index contributed by atoms with van der Waals surface area (Å²) in [7, 11) is 1.47. The van der Waals surface area contributed by atoms with Crippen molar-refractivity contribution in [3.63, 3.8) is 0 Å². The van der Waals surface area contributed by atoms with E-state index >= 15 is 0 Å². The van der Waals surface area contributed by atoms with Crippen LogP contribution in [0.25, 0.3) is 0 Å². The van der Waals surface area contributed by atoms with Crippen LogP contribution in [-0.4, -0.2) is 13.7 Å². The van der Waals surface area contributed by atoms with Gasteiger partial charge in [0.15, 0.2) is 11.6 Å². The van der Waals surface area contributed by atoms with Crippen LogP contribution < -0.4 is 10.1 Å². The zero-order valence-electron chi connectivity index (χ0n) is 12.2. The van der Waals surface area contributed by atoms with E-state index in [0.29, 0.717) is 0 Å². The molecular weight excluding hydrogens is 333 g/mol. The van der Waals surface area contributed by atoms with E-state index in [4.69, 9.17) is 4.74 Å². The summed E-state index contributed by atoms with van der Waals surface area (Å²) in [6.45, 7) is 2.88. The maximum Gasteiger partial charge on any atom is 0.165 e. The van der Waals surface area contributed by atoms with Crippen molar-refractivity contribution in [2.24, 2.45) is 0 Å². The van der Waals surface area contributed by atoms with E-state index in [1.54, 1.807) is 12.1 Å². The summed E-state index contributed by atoms with van der Waals surface area (Å²) < 4.78 is 19.9. The van der Waals surface area contributed by atoms with E-state index < -0.39 is 0 Å². The van der Waals surface area contributed by atoms with Gasteiger partial charge >= 0.3 is 0 Å². The molecule has 0 saturated heterocycles. The second kappa shape index (κ2) is 7.57. The Morgan fingerprint density at radius 2 is 2.05 bits per heavy atom. The SMILES string of the molecule is CCNC(Cc1cccc(Br)c1)c1ccc(OC)c(F)c1. The van der Waals surface area contributed by atoms with Crippen molar-refractivity contribution in [2.75, 3.05) is 13.7 Å². The van der Waals surface area contributed by atoms with Gasteiger partial charge in [-0.25, -0.2) is 4.39 Å². The molecule has 2 aromatic rings. The molecule has 1 atom stereocenters. The van der Waals surface area contributed by atoms with E-state index in [0.717, 1.165) is 23.0 Å². The van der Waals surface area contributed by atoms with Crippen LogP contribution in [0.15, 0.2) is 46.9 Å². The topological polar surface area (TPSA) is 21.3 Å². The molecule has 2 rings (SSSR count). The van der Waals surface area contributed by atoms with Crippen molar-refractivity contribution in [1.82, 2.24) is 5.32 Å². The molecule has 0 aliphatic rings. The fourth-order valence-corrected chi connectivity index (χ4v) is 2.80. The maximum absolute atomic E-state index is 13.9. The summed E-state index contributed by atoms with van der Waals surface area (Å²) in [4.78, 5) is 0. The van der Waals surface area contributed by atoms with Gasteiger partial charge in [0.05, 0.1) is 7.11 Å². The Hall–Kier alpha value is -1.39. The number of halogens is 2. The molecule has 4 heteroatoms. The minimum absolute atomic E-state index is 0.0738. The maximum atomic E-state index is 13.9. The molecule has 112 valence electrons. The fourth-order valence-electron chi connectivity index (χ4n) is 2.35. The first-order chi connectivity index (χ1) is 10.1. The lowest BCUT2D eigenvalue weighted by Crippen LogP contribution is -2.23. The Morgan fingerprint density at radius 1 is 1.24 bits per heavy atom. The van der Waals surface area contributed by atoms with Gasteiger partial charge in [0.1, 0.15) is 0 Å². The summed E-state index contributed by atoms with van der Waals surface area (Å²) in [6, 6.07) is 13.4. The number of methoxy groups -OCH3 is 1. The summed E-state index contributed by atoms with van der Waals surface area (Å²) in [5.41, 5.74) is 2.13. The van der Waals surface area contributed by atoms with Crippen LogP contribution in [0.1, 0.15) is 24.1 Å². The lowest BCUT2D eigenvalue weighted by atomic mass is 9.98. The third-order valence-electron chi connectivity index (χ3n) is 3.36. The van der Waals surface area contributed by atoms with Gasteiger partial charge in [0.2, 0.25) is 0 Å². The number of nitrogens with one attached hydrogen (secondary N) is 1. The van der Waals surface area contributed by atoms with Crippen LogP contribution in [0.4, 0.5) is 4.39 Å². The molecule has 0 saturated carbocycles. The Kier molecular flexibility index (Phi) is 5.76. The van der Waals surface area contributed by atoms with Gasteiger partial charge in [-0.15, -0.1) is 0 Å². The van der Waals surface area contributed by atoms with Gasteiger partial charge in [0, 0.05) is 10.5 Å². The summed E-state index contributed by atoms with van der Waals surface area (Å²) >= 11 is 3.48. The molecule has 0 fully saturated rings. The van der Waals surface area contributed by atoms with E-state index in [2.05, 4.69) is 33.4 Å². The number of ether oxygens (including phenoxy) is 1.